The molecule has 47 heavy (non-hydrogen) atoms. The van der Waals surface area contributed by atoms with Crippen LogP contribution in [-0.2, 0) is 4.74 Å². The Morgan fingerprint density at radius 1 is 0.596 bits per heavy atom. The van der Waals surface area contributed by atoms with E-state index < -0.39 is 0 Å². The molecule has 4 nitrogen and oxygen atoms in total. The van der Waals surface area contributed by atoms with E-state index in [2.05, 4.69) is 143 Å². The first-order valence-corrected chi connectivity index (χ1v) is 16.0. The van der Waals surface area contributed by atoms with Crippen LogP contribution >= 0.6 is 0 Å². The van der Waals surface area contributed by atoms with Crippen LogP contribution in [-0.4, -0.2) is 25.9 Å². The van der Waals surface area contributed by atoms with E-state index in [1.165, 1.54) is 38.5 Å². The highest BCUT2D eigenvalue weighted by atomic mass is 16.5. The summed E-state index contributed by atoms with van der Waals surface area (Å²) in [6, 6.07) is 47.7. The number of benzene rings is 5. The predicted molar refractivity (Wildman–Crippen MR) is 191 cm³/mol. The Bertz CT molecular complexity index is 2490. The molecule has 0 spiro atoms. The molecule has 0 fully saturated rings. The maximum absolute atomic E-state index is 6.24. The molecule has 0 N–H and O–H groups in total. The highest BCUT2D eigenvalue weighted by Crippen LogP contribution is 2.48. The largest absolute Gasteiger partial charge is 0.477 e. The molecule has 0 amide bonds. The number of hydrogen-bond acceptors (Lipinski definition) is 2. The molecular weight excluding hydrogens is 574 g/mol. The van der Waals surface area contributed by atoms with Gasteiger partial charge in [-0.1, -0.05) is 91.0 Å². The molecule has 5 aromatic carbocycles. The van der Waals surface area contributed by atoms with Gasteiger partial charge in [0.1, 0.15) is 6.26 Å². The zero-order valence-corrected chi connectivity index (χ0v) is 25.4. The van der Waals surface area contributed by atoms with E-state index in [0.717, 1.165) is 45.1 Å². The summed E-state index contributed by atoms with van der Waals surface area (Å²) < 4.78 is 10.9. The van der Waals surface area contributed by atoms with E-state index in [9.17, 15) is 0 Å². The van der Waals surface area contributed by atoms with Crippen molar-refractivity contribution >= 4 is 44.4 Å². The van der Waals surface area contributed by atoms with E-state index in [-0.39, 0.29) is 6.10 Å². The molecule has 4 heteroatoms. The molecule has 1 atom stereocenters. The first-order valence-electron chi connectivity index (χ1n) is 16.0. The Morgan fingerprint density at radius 3 is 2.09 bits per heavy atom. The third-order valence-corrected chi connectivity index (χ3v) is 9.64. The van der Waals surface area contributed by atoms with Crippen molar-refractivity contribution < 1.29 is 9.31 Å². The minimum Gasteiger partial charge on any atom is -0.477 e. The number of para-hydroxylation sites is 3. The lowest BCUT2D eigenvalue weighted by Crippen LogP contribution is -2.31. The molecule has 3 heterocycles. The lowest BCUT2D eigenvalue weighted by atomic mass is 9.78. The van der Waals surface area contributed by atoms with Crippen LogP contribution in [0.4, 0.5) is 5.69 Å². The van der Waals surface area contributed by atoms with Crippen LogP contribution < -0.4 is 0 Å². The van der Waals surface area contributed by atoms with E-state index in [0.29, 0.717) is 0 Å². The molecule has 3 aliphatic rings. The SMILES string of the molecule is C1=C[N+](c2ccccc2)=C2C=C3C(=CC2O1)c1ncccc1-c1ccc(-n2c4ccccc4c4ccccc42)cc1-c1ccccc13. The van der Waals surface area contributed by atoms with Crippen LogP contribution in [0, 0.1) is 0 Å². The molecular formula is C43H28N3O+. The van der Waals surface area contributed by atoms with Gasteiger partial charge < -0.3 is 9.30 Å². The van der Waals surface area contributed by atoms with E-state index >= 15 is 0 Å². The van der Waals surface area contributed by atoms with Crippen LogP contribution in [0.5, 0.6) is 0 Å². The molecule has 2 aromatic heterocycles. The fourth-order valence-corrected chi connectivity index (χ4v) is 7.59. The number of rotatable bonds is 2. The summed E-state index contributed by atoms with van der Waals surface area (Å²) in [5, 5.41) is 2.51. The summed E-state index contributed by atoms with van der Waals surface area (Å²) in [5.74, 6) is 0. The molecule has 7 aromatic rings. The van der Waals surface area contributed by atoms with Gasteiger partial charge in [0.15, 0.2) is 0 Å². The second-order valence-corrected chi connectivity index (χ2v) is 12.2. The van der Waals surface area contributed by atoms with E-state index in [4.69, 9.17) is 9.72 Å². The topological polar surface area (TPSA) is 30.1 Å². The van der Waals surface area contributed by atoms with Gasteiger partial charge in [-0.05, 0) is 64.2 Å². The molecule has 220 valence electrons. The van der Waals surface area contributed by atoms with Gasteiger partial charge in [-0.15, -0.1) is 0 Å². The molecule has 10 rings (SSSR count). The number of aromatic nitrogens is 2. The molecule has 0 radical (unpaired) electrons. The minimum atomic E-state index is -0.238. The summed E-state index contributed by atoms with van der Waals surface area (Å²) in [6.07, 6.45) is 10.00. The standard InChI is InChI=1S/C43H28N3O/c1-2-11-28(12-3-1)45-23-24-47-42-27-38-37(26-41(42)45)31-14-5-4-13-30(31)36-25-29(20-21-32(36)35-17-10-22-44-43(35)38)46-39-18-8-6-15-33(39)34-16-7-9-19-40(34)46/h1-27,42H/q+1. The minimum absolute atomic E-state index is 0.238. The van der Waals surface area contributed by atoms with Crippen LogP contribution in [0.1, 0.15) is 11.3 Å². The molecule has 1 unspecified atom stereocenters. The van der Waals surface area contributed by atoms with Crippen molar-refractivity contribution in [1.82, 2.24) is 9.55 Å². The summed E-state index contributed by atoms with van der Waals surface area (Å²) in [4.78, 5) is 5.04. The molecule has 0 saturated carbocycles. The van der Waals surface area contributed by atoms with Gasteiger partial charge in [0.25, 0.3) is 0 Å². The zero-order chi connectivity index (χ0) is 30.9. The van der Waals surface area contributed by atoms with Crippen LogP contribution in [0.25, 0.3) is 60.9 Å². The van der Waals surface area contributed by atoms with Gasteiger partial charge in [-0.3, -0.25) is 4.98 Å². The summed E-state index contributed by atoms with van der Waals surface area (Å²) in [5.41, 5.74) is 14.7. The fourth-order valence-electron chi connectivity index (χ4n) is 7.59. The number of nitrogens with zero attached hydrogens (tertiary/aromatic N) is 3. The first-order chi connectivity index (χ1) is 23.3. The van der Waals surface area contributed by atoms with Gasteiger partial charge >= 0.3 is 0 Å². The van der Waals surface area contributed by atoms with E-state index in [1.54, 1.807) is 6.26 Å². The number of hydrogen-bond donors (Lipinski definition) is 0. The molecule has 1 aliphatic heterocycles. The van der Waals surface area contributed by atoms with Crippen molar-refractivity contribution in [3.05, 3.63) is 176 Å². The average molecular weight is 603 g/mol. The Morgan fingerprint density at radius 2 is 1.28 bits per heavy atom. The predicted octanol–water partition coefficient (Wildman–Crippen LogP) is 9.96. The van der Waals surface area contributed by atoms with Gasteiger partial charge in [0, 0.05) is 52.0 Å². The number of pyridine rings is 1. The highest BCUT2D eigenvalue weighted by Gasteiger charge is 2.36. The second-order valence-electron chi connectivity index (χ2n) is 12.2. The van der Waals surface area contributed by atoms with Crippen LogP contribution in [0.15, 0.2) is 164 Å². The van der Waals surface area contributed by atoms with Crippen molar-refractivity contribution in [2.24, 2.45) is 0 Å². The zero-order valence-electron chi connectivity index (χ0n) is 25.4. The van der Waals surface area contributed by atoms with Crippen molar-refractivity contribution in [2.45, 2.75) is 6.10 Å². The maximum Gasteiger partial charge on any atom is 0.233 e. The fraction of sp³-hybridized carbons (Fsp3) is 0.0233. The van der Waals surface area contributed by atoms with Crippen molar-refractivity contribution in [3.8, 4) is 27.9 Å². The monoisotopic (exact) mass is 602 g/mol. The first kappa shape index (κ1) is 26.0. The van der Waals surface area contributed by atoms with Crippen LogP contribution in [0.3, 0.4) is 0 Å². The average Bonchev–Trinajstić information content (AvgIpc) is 3.48. The Kier molecular flexibility index (Phi) is 5.60. The Hall–Kier alpha value is -6.26. The number of allylic oxidation sites excluding steroid dienone is 2. The molecule has 2 aliphatic carbocycles. The smallest absolute Gasteiger partial charge is 0.233 e. The van der Waals surface area contributed by atoms with Crippen molar-refractivity contribution in [3.63, 3.8) is 0 Å². The van der Waals surface area contributed by atoms with E-state index in [1.807, 2.05) is 24.5 Å². The van der Waals surface area contributed by atoms with Crippen LogP contribution in [0.2, 0.25) is 0 Å². The number of fused-ring (bicyclic) bond motifs is 12. The molecule has 0 bridgehead atoms. The van der Waals surface area contributed by atoms with Gasteiger partial charge in [0.05, 0.1) is 16.7 Å². The normalized spacial score (nSPS) is 16.1. The third kappa shape index (κ3) is 3.88. The third-order valence-electron chi connectivity index (χ3n) is 9.64. The highest BCUT2D eigenvalue weighted by molar-refractivity contribution is 6.21. The lowest BCUT2D eigenvalue weighted by Gasteiger charge is -2.28. The molecule has 0 saturated heterocycles. The summed E-state index contributed by atoms with van der Waals surface area (Å²) >= 11 is 0. The Balaban J connectivity index is 1.27. The van der Waals surface area contributed by atoms with Gasteiger partial charge in [-0.25, -0.2) is 0 Å². The Labute approximate surface area is 272 Å². The van der Waals surface area contributed by atoms with Crippen molar-refractivity contribution in [1.29, 1.82) is 0 Å². The van der Waals surface area contributed by atoms with Gasteiger partial charge in [0.2, 0.25) is 23.7 Å². The maximum atomic E-state index is 6.24. The number of ether oxygens (including phenoxy) is 1. The summed E-state index contributed by atoms with van der Waals surface area (Å²) in [7, 11) is 0. The quantitative estimate of drug-likeness (QED) is 0.184. The second kappa shape index (κ2) is 10.1. The van der Waals surface area contributed by atoms with Gasteiger partial charge in [-0.2, -0.15) is 4.58 Å². The van der Waals surface area contributed by atoms with Crippen molar-refractivity contribution in [2.75, 3.05) is 0 Å². The summed E-state index contributed by atoms with van der Waals surface area (Å²) in [6.45, 7) is 0. The lowest BCUT2D eigenvalue weighted by molar-refractivity contribution is -0.370.